The number of hydrogen-bond acceptors (Lipinski definition) is 2. The third kappa shape index (κ3) is 2.02. The number of pyridine rings is 1. The van der Waals surface area contributed by atoms with Crippen molar-refractivity contribution >= 4 is 23.2 Å². The molecule has 0 aliphatic carbocycles. The molecule has 76 valence electrons. The Balaban J connectivity index is 2.26. The molecule has 4 heteroatoms. The fourth-order valence-corrected chi connectivity index (χ4v) is 2.31. The lowest BCUT2D eigenvalue weighted by Gasteiger charge is -2.23. The van der Waals surface area contributed by atoms with Gasteiger partial charge in [-0.05, 0) is 43.5 Å². The third-order valence-electron chi connectivity index (χ3n) is 2.66. The number of nitrogens with one attached hydrogen (secondary N) is 1. The van der Waals surface area contributed by atoms with Gasteiger partial charge in [0, 0.05) is 6.20 Å². The quantitative estimate of drug-likeness (QED) is 0.751. The zero-order chi connectivity index (χ0) is 9.97. The molecule has 0 spiro atoms. The highest BCUT2D eigenvalue weighted by molar-refractivity contribution is 6.41. The minimum Gasteiger partial charge on any atom is -0.317 e. The first-order chi connectivity index (χ1) is 6.79. The van der Waals surface area contributed by atoms with Crippen LogP contribution in [0.3, 0.4) is 0 Å². The van der Waals surface area contributed by atoms with E-state index in [2.05, 4.69) is 10.3 Å². The molecule has 0 amide bonds. The summed E-state index contributed by atoms with van der Waals surface area (Å²) in [5, 5.41) is 4.37. The summed E-state index contributed by atoms with van der Waals surface area (Å²) in [7, 11) is 0. The van der Waals surface area contributed by atoms with Gasteiger partial charge >= 0.3 is 0 Å². The molecule has 2 heterocycles. The molecule has 14 heavy (non-hydrogen) atoms. The number of nitrogens with zero attached hydrogens (tertiary/aromatic N) is 1. The summed E-state index contributed by atoms with van der Waals surface area (Å²) < 4.78 is 0. The summed E-state index contributed by atoms with van der Waals surface area (Å²) in [6.45, 7) is 2.11. The lowest BCUT2D eigenvalue weighted by Crippen LogP contribution is -2.26. The van der Waals surface area contributed by atoms with Crippen LogP contribution in [0.1, 0.15) is 24.3 Å². The molecule has 2 rings (SSSR count). The highest BCUT2D eigenvalue weighted by Gasteiger charge is 2.18. The van der Waals surface area contributed by atoms with Crippen LogP contribution in [-0.2, 0) is 0 Å². The maximum Gasteiger partial charge on any atom is 0.147 e. The van der Waals surface area contributed by atoms with E-state index >= 15 is 0 Å². The maximum atomic E-state index is 6.11. The van der Waals surface area contributed by atoms with E-state index < -0.39 is 0 Å². The van der Waals surface area contributed by atoms with Gasteiger partial charge in [0.2, 0.25) is 0 Å². The van der Waals surface area contributed by atoms with Gasteiger partial charge in [0.1, 0.15) is 5.15 Å². The highest BCUT2D eigenvalue weighted by atomic mass is 35.5. The summed E-state index contributed by atoms with van der Waals surface area (Å²) in [6, 6.07) is 1.98. The Labute approximate surface area is 93.6 Å². The smallest absolute Gasteiger partial charge is 0.147 e. The largest absolute Gasteiger partial charge is 0.317 e. The Morgan fingerprint density at radius 2 is 2.00 bits per heavy atom. The second kappa shape index (κ2) is 4.47. The molecule has 1 saturated heterocycles. The number of rotatable bonds is 1. The van der Waals surface area contributed by atoms with Gasteiger partial charge in [0.05, 0.1) is 5.02 Å². The molecule has 1 aromatic rings. The number of aromatic nitrogens is 1. The van der Waals surface area contributed by atoms with Crippen molar-refractivity contribution in [2.45, 2.75) is 18.8 Å². The predicted octanol–water partition coefficient (Wildman–Crippen LogP) is 2.86. The average Bonchev–Trinajstić information content (AvgIpc) is 2.23. The van der Waals surface area contributed by atoms with Crippen molar-refractivity contribution < 1.29 is 0 Å². The Bertz CT molecular complexity index is 322. The monoisotopic (exact) mass is 230 g/mol. The van der Waals surface area contributed by atoms with Crippen molar-refractivity contribution in [3.63, 3.8) is 0 Å². The molecule has 1 aliphatic rings. The lowest BCUT2D eigenvalue weighted by molar-refractivity contribution is 0.460. The Kier molecular flexibility index (Phi) is 3.26. The van der Waals surface area contributed by atoms with Crippen molar-refractivity contribution in [1.29, 1.82) is 0 Å². The Morgan fingerprint density at radius 1 is 1.29 bits per heavy atom. The van der Waals surface area contributed by atoms with Gasteiger partial charge in [-0.3, -0.25) is 0 Å². The summed E-state index contributed by atoms with van der Waals surface area (Å²) in [5.41, 5.74) is 1.15. The van der Waals surface area contributed by atoms with Crippen molar-refractivity contribution in [1.82, 2.24) is 10.3 Å². The van der Waals surface area contributed by atoms with Crippen LogP contribution < -0.4 is 5.32 Å². The van der Waals surface area contributed by atoms with E-state index in [0.717, 1.165) is 31.5 Å². The molecule has 2 nitrogen and oxygen atoms in total. The standard InChI is InChI=1S/C10H12Cl2N2/c11-9-8(3-6-14-10(9)12)7-1-4-13-5-2-7/h3,6-7,13H,1-2,4-5H2. The van der Waals surface area contributed by atoms with E-state index in [1.54, 1.807) is 6.20 Å². The molecule has 0 unspecified atom stereocenters. The Hall–Kier alpha value is -0.310. The third-order valence-corrected chi connectivity index (χ3v) is 3.44. The van der Waals surface area contributed by atoms with Crippen molar-refractivity contribution in [2.24, 2.45) is 0 Å². The normalized spacial score (nSPS) is 18.4. The van der Waals surface area contributed by atoms with Crippen molar-refractivity contribution in [3.8, 4) is 0 Å². The van der Waals surface area contributed by atoms with Crippen molar-refractivity contribution in [3.05, 3.63) is 28.0 Å². The lowest BCUT2D eigenvalue weighted by atomic mass is 9.91. The van der Waals surface area contributed by atoms with Gasteiger partial charge in [-0.15, -0.1) is 0 Å². The second-order valence-corrected chi connectivity index (χ2v) is 4.27. The van der Waals surface area contributed by atoms with Gasteiger partial charge in [-0.25, -0.2) is 4.98 Å². The van der Waals surface area contributed by atoms with E-state index in [1.807, 2.05) is 6.07 Å². The van der Waals surface area contributed by atoms with Crippen molar-refractivity contribution in [2.75, 3.05) is 13.1 Å². The summed E-state index contributed by atoms with van der Waals surface area (Å²) in [6.07, 6.45) is 3.98. The van der Waals surface area contributed by atoms with Crippen LogP contribution in [0.5, 0.6) is 0 Å². The van der Waals surface area contributed by atoms with Gasteiger partial charge in [-0.2, -0.15) is 0 Å². The fourth-order valence-electron chi connectivity index (χ4n) is 1.88. The van der Waals surface area contributed by atoms with E-state index in [0.29, 0.717) is 16.1 Å². The van der Waals surface area contributed by atoms with E-state index in [9.17, 15) is 0 Å². The molecule has 0 radical (unpaired) electrons. The SMILES string of the molecule is Clc1nccc(C2CCNCC2)c1Cl. The minimum atomic E-state index is 0.419. The maximum absolute atomic E-state index is 6.11. The molecule has 1 aliphatic heterocycles. The minimum absolute atomic E-state index is 0.419. The molecule has 0 bridgehead atoms. The topological polar surface area (TPSA) is 24.9 Å². The molecule has 1 aromatic heterocycles. The van der Waals surface area contributed by atoms with Crippen LogP contribution in [0.4, 0.5) is 0 Å². The zero-order valence-electron chi connectivity index (χ0n) is 7.76. The highest BCUT2D eigenvalue weighted by Crippen LogP contribution is 2.33. The van der Waals surface area contributed by atoms with Gasteiger partial charge in [0.15, 0.2) is 0 Å². The second-order valence-electron chi connectivity index (χ2n) is 3.53. The first-order valence-corrected chi connectivity index (χ1v) is 5.55. The van der Waals surface area contributed by atoms with E-state index in [4.69, 9.17) is 23.2 Å². The van der Waals surface area contributed by atoms with Crippen LogP contribution in [-0.4, -0.2) is 18.1 Å². The molecular weight excluding hydrogens is 219 g/mol. The van der Waals surface area contributed by atoms with Crippen LogP contribution in [0.25, 0.3) is 0 Å². The van der Waals surface area contributed by atoms with E-state index in [-0.39, 0.29) is 0 Å². The number of piperidine rings is 1. The zero-order valence-corrected chi connectivity index (χ0v) is 9.28. The molecule has 0 saturated carbocycles. The average molecular weight is 231 g/mol. The predicted molar refractivity (Wildman–Crippen MR) is 59.1 cm³/mol. The summed E-state index contributed by atoms with van der Waals surface area (Å²) in [5.74, 6) is 0.532. The number of halogens is 2. The molecule has 0 atom stereocenters. The van der Waals surface area contributed by atoms with Crippen LogP contribution >= 0.6 is 23.2 Å². The summed E-state index contributed by atoms with van der Waals surface area (Å²) in [4.78, 5) is 3.95. The van der Waals surface area contributed by atoms with Gasteiger partial charge in [0.25, 0.3) is 0 Å². The summed E-state index contributed by atoms with van der Waals surface area (Å²) >= 11 is 12.0. The molecule has 0 aromatic carbocycles. The molecule has 1 fully saturated rings. The number of hydrogen-bond donors (Lipinski definition) is 1. The fraction of sp³-hybridized carbons (Fsp3) is 0.500. The first kappa shape index (κ1) is 10.2. The van der Waals surface area contributed by atoms with Crippen LogP contribution in [0.2, 0.25) is 10.2 Å². The van der Waals surface area contributed by atoms with E-state index in [1.165, 1.54) is 0 Å². The first-order valence-electron chi connectivity index (χ1n) is 4.79. The van der Waals surface area contributed by atoms with Gasteiger partial charge < -0.3 is 5.32 Å². The van der Waals surface area contributed by atoms with Crippen LogP contribution in [0.15, 0.2) is 12.3 Å². The van der Waals surface area contributed by atoms with Crippen LogP contribution in [0, 0.1) is 0 Å². The molecule has 1 N–H and O–H groups in total. The van der Waals surface area contributed by atoms with Gasteiger partial charge in [-0.1, -0.05) is 23.2 Å². The Morgan fingerprint density at radius 3 is 2.71 bits per heavy atom. The molecular formula is C10H12Cl2N2.